The van der Waals surface area contributed by atoms with Crippen LogP contribution in [0.4, 0.5) is 0 Å². The molecule has 0 spiro atoms. The van der Waals surface area contributed by atoms with Crippen molar-refractivity contribution in [2.45, 2.75) is 20.1 Å². The Bertz CT molecular complexity index is 476. The molecule has 1 aromatic carbocycles. The molecule has 0 bridgehead atoms. The molecule has 0 saturated carbocycles. The number of benzene rings is 1. The average molecular weight is 224 g/mol. The zero-order chi connectivity index (χ0) is 10.8. The van der Waals surface area contributed by atoms with Crippen LogP contribution < -0.4 is 0 Å². The molecule has 1 heterocycles. The zero-order valence-corrected chi connectivity index (χ0v) is 9.71. The summed E-state index contributed by atoms with van der Waals surface area (Å²) < 4.78 is 7.37. The SMILES string of the molecule is CCn1c(COC)cc2cccc(Cl)c21. The molecule has 0 fully saturated rings. The smallest absolute Gasteiger partial charge is 0.0864 e. The number of hydrogen-bond donors (Lipinski definition) is 0. The summed E-state index contributed by atoms with van der Waals surface area (Å²) in [6, 6.07) is 8.11. The molecule has 3 heteroatoms. The van der Waals surface area contributed by atoms with Crippen LogP contribution in [-0.2, 0) is 17.9 Å². The first-order valence-electron chi connectivity index (χ1n) is 5.03. The van der Waals surface area contributed by atoms with E-state index in [1.165, 1.54) is 11.1 Å². The van der Waals surface area contributed by atoms with E-state index in [4.69, 9.17) is 16.3 Å². The van der Waals surface area contributed by atoms with Gasteiger partial charge in [0, 0.05) is 24.7 Å². The number of aromatic nitrogens is 1. The second kappa shape index (κ2) is 4.25. The average Bonchev–Trinajstić information content (AvgIpc) is 2.57. The van der Waals surface area contributed by atoms with Gasteiger partial charge in [0.25, 0.3) is 0 Å². The lowest BCUT2D eigenvalue weighted by Gasteiger charge is -2.07. The fraction of sp³-hybridized carbons (Fsp3) is 0.333. The molecule has 2 rings (SSSR count). The van der Waals surface area contributed by atoms with Crippen LogP contribution in [0.5, 0.6) is 0 Å². The van der Waals surface area contributed by atoms with Gasteiger partial charge < -0.3 is 9.30 Å². The Morgan fingerprint density at radius 3 is 2.87 bits per heavy atom. The van der Waals surface area contributed by atoms with Crippen LogP contribution >= 0.6 is 11.6 Å². The Morgan fingerprint density at radius 2 is 2.20 bits per heavy atom. The lowest BCUT2D eigenvalue weighted by molar-refractivity contribution is 0.178. The third kappa shape index (κ3) is 1.75. The highest BCUT2D eigenvalue weighted by atomic mass is 35.5. The van der Waals surface area contributed by atoms with E-state index in [9.17, 15) is 0 Å². The molecule has 2 aromatic rings. The number of nitrogens with zero attached hydrogens (tertiary/aromatic N) is 1. The van der Waals surface area contributed by atoms with Crippen molar-refractivity contribution in [1.29, 1.82) is 0 Å². The van der Waals surface area contributed by atoms with Crippen molar-refractivity contribution in [1.82, 2.24) is 4.57 Å². The summed E-state index contributed by atoms with van der Waals surface area (Å²) in [5.74, 6) is 0. The van der Waals surface area contributed by atoms with Gasteiger partial charge in [-0.05, 0) is 19.1 Å². The second-order valence-corrected chi connectivity index (χ2v) is 3.90. The molecule has 0 aliphatic heterocycles. The van der Waals surface area contributed by atoms with Crippen molar-refractivity contribution in [2.75, 3.05) is 7.11 Å². The van der Waals surface area contributed by atoms with E-state index < -0.39 is 0 Å². The van der Waals surface area contributed by atoms with Crippen LogP contribution in [0.15, 0.2) is 24.3 Å². The molecular formula is C12H14ClNO. The van der Waals surface area contributed by atoms with Crippen molar-refractivity contribution in [3.05, 3.63) is 35.0 Å². The lowest BCUT2D eigenvalue weighted by atomic mass is 10.2. The van der Waals surface area contributed by atoms with E-state index in [-0.39, 0.29) is 0 Å². The third-order valence-corrected chi connectivity index (χ3v) is 2.87. The van der Waals surface area contributed by atoms with Gasteiger partial charge in [-0.15, -0.1) is 0 Å². The number of halogens is 1. The third-order valence-electron chi connectivity index (χ3n) is 2.57. The van der Waals surface area contributed by atoms with Crippen molar-refractivity contribution < 1.29 is 4.74 Å². The maximum absolute atomic E-state index is 6.19. The highest BCUT2D eigenvalue weighted by Gasteiger charge is 2.09. The predicted octanol–water partition coefficient (Wildman–Crippen LogP) is 3.46. The Balaban J connectivity index is 2.68. The molecule has 0 N–H and O–H groups in total. The fourth-order valence-corrected chi connectivity index (χ4v) is 2.25. The highest BCUT2D eigenvalue weighted by Crippen LogP contribution is 2.27. The van der Waals surface area contributed by atoms with Crippen LogP contribution in [0.2, 0.25) is 5.02 Å². The number of hydrogen-bond acceptors (Lipinski definition) is 1. The molecule has 80 valence electrons. The van der Waals surface area contributed by atoms with Crippen LogP contribution in [-0.4, -0.2) is 11.7 Å². The molecule has 0 unspecified atom stereocenters. The van der Waals surface area contributed by atoms with Gasteiger partial charge in [-0.2, -0.15) is 0 Å². The van der Waals surface area contributed by atoms with E-state index in [1.807, 2.05) is 12.1 Å². The zero-order valence-electron chi connectivity index (χ0n) is 8.96. The number of para-hydroxylation sites is 1. The molecular weight excluding hydrogens is 210 g/mol. The molecule has 0 amide bonds. The fourth-order valence-electron chi connectivity index (χ4n) is 1.96. The molecule has 0 atom stereocenters. The summed E-state index contributed by atoms with van der Waals surface area (Å²) in [7, 11) is 1.71. The van der Waals surface area contributed by atoms with Gasteiger partial charge >= 0.3 is 0 Å². The van der Waals surface area contributed by atoms with Gasteiger partial charge in [0.15, 0.2) is 0 Å². The van der Waals surface area contributed by atoms with Crippen molar-refractivity contribution in [3.8, 4) is 0 Å². The van der Waals surface area contributed by atoms with Gasteiger partial charge in [-0.25, -0.2) is 0 Å². The predicted molar refractivity (Wildman–Crippen MR) is 63.3 cm³/mol. The number of aryl methyl sites for hydroxylation is 1. The van der Waals surface area contributed by atoms with E-state index in [0.717, 1.165) is 17.1 Å². The molecule has 2 nitrogen and oxygen atoms in total. The summed E-state index contributed by atoms with van der Waals surface area (Å²) in [5.41, 5.74) is 2.27. The van der Waals surface area contributed by atoms with Gasteiger partial charge in [0.05, 0.1) is 17.1 Å². The van der Waals surface area contributed by atoms with E-state index >= 15 is 0 Å². The highest BCUT2D eigenvalue weighted by molar-refractivity contribution is 6.35. The lowest BCUT2D eigenvalue weighted by Crippen LogP contribution is -2.01. The number of methoxy groups -OCH3 is 1. The van der Waals surface area contributed by atoms with Gasteiger partial charge in [-0.3, -0.25) is 0 Å². The van der Waals surface area contributed by atoms with E-state index in [0.29, 0.717) is 6.61 Å². The summed E-state index contributed by atoms with van der Waals surface area (Å²) in [4.78, 5) is 0. The first-order valence-corrected chi connectivity index (χ1v) is 5.41. The van der Waals surface area contributed by atoms with Gasteiger partial charge in [0.2, 0.25) is 0 Å². The topological polar surface area (TPSA) is 14.2 Å². The minimum atomic E-state index is 0.624. The molecule has 0 aliphatic carbocycles. The van der Waals surface area contributed by atoms with Crippen LogP contribution in [0.25, 0.3) is 10.9 Å². The summed E-state index contributed by atoms with van der Waals surface area (Å²) in [5, 5.41) is 1.98. The minimum Gasteiger partial charge on any atom is -0.378 e. The quantitative estimate of drug-likeness (QED) is 0.777. The van der Waals surface area contributed by atoms with Crippen LogP contribution in [0.1, 0.15) is 12.6 Å². The monoisotopic (exact) mass is 223 g/mol. The van der Waals surface area contributed by atoms with Crippen molar-refractivity contribution in [3.63, 3.8) is 0 Å². The van der Waals surface area contributed by atoms with E-state index in [1.54, 1.807) is 7.11 Å². The Labute approximate surface area is 94.4 Å². The maximum atomic E-state index is 6.19. The minimum absolute atomic E-state index is 0.624. The second-order valence-electron chi connectivity index (χ2n) is 3.49. The standard InChI is InChI=1S/C12H14ClNO/c1-3-14-10(8-15-2)7-9-5-4-6-11(13)12(9)14/h4-7H,3,8H2,1-2H3. The summed E-state index contributed by atoms with van der Waals surface area (Å²) in [6.07, 6.45) is 0. The molecule has 15 heavy (non-hydrogen) atoms. The van der Waals surface area contributed by atoms with Gasteiger partial charge in [0.1, 0.15) is 0 Å². The Hall–Kier alpha value is -0.990. The molecule has 0 saturated heterocycles. The van der Waals surface area contributed by atoms with Crippen LogP contribution in [0, 0.1) is 0 Å². The number of rotatable bonds is 3. The summed E-state index contributed by atoms with van der Waals surface area (Å²) >= 11 is 6.19. The van der Waals surface area contributed by atoms with Crippen molar-refractivity contribution in [2.24, 2.45) is 0 Å². The largest absolute Gasteiger partial charge is 0.378 e. The maximum Gasteiger partial charge on any atom is 0.0864 e. The van der Waals surface area contributed by atoms with Gasteiger partial charge in [-0.1, -0.05) is 23.7 Å². The van der Waals surface area contributed by atoms with Crippen molar-refractivity contribution >= 4 is 22.5 Å². The number of ether oxygens (including phenoxy) is 1. The first-order chi connectivity index (χ1) is 7.27. The first kappa shape index (κ1) is 10.5. The molecule has 1 aromatic heterocycles. The molecule has 0 radical (unpaired) electrons. The normalized spacial score (nSPS) is 11.1. The van der Waals surface area contributed by atoms with E-state index in [2.05, 4.69) is 23.6 Å². The molecule has 0 aliphatic rings. The Kier molecular flexibility index (Phi) is 2.98. The van der Waals surface area contributed by atoms with Crippen LogP contribution in [0.3, 0.4) is 0 Å². The summed E-state index contributed by atoms with van der Waals surface area (Å²) in [6.45, 7) is 3.65. The Morgan fingerprint density at radius 1 is 1.40 bits per heavy atom. The number of fused-ring (bicyclic) bond motifs is 1.